The van der Waals surface area contributed by atoms with Crippen LogP contribution < -0.4 is 0 Å². The molecule has 3 atom stereocenters. The van der Waals surface area contributed by atoms with Crippen molar-refractivity contribution in [3.05, 3.63) is 47.0 Å². The summed E-state index contributed by atoms with van der Waals surface area (Å²) < 4.78 is 0. The normalized spacial score (nSPS) is 31.5. The zero-order chi connectivity index (χ0) is 12.0. The molecule has 2 nitrogen and oxygen atoms in total. The average Bonchev–Trinajstić information content (AvgIpc) is 2.36. The highest BCUT2D eigenvalue weighted by atomic mass is 16.3. The van der Waals surface area contributed by atoms with Gasteiger partial charge in [0, 0.05) is 17.4 Å². The van der Waals surface area contributed by atoms with E-state index in [0.717, 1.165) is 24.0 Å². The van der Waals surface area contributed by atoms with Gasteiger partial charge in [0.05, 0.1) is 6.10 Å². The van der Waals surface area contributed by atoms with Crippen LogP contribution >= 0.6 is 0 Å². The number of fused-ring (bicyclic) bond motifs is 2. The maximum Gasteiger partial charge on any atom is 0.167 e. The van der Waals surface area contributed by atoms with Crippen LogP contribution in [0.15, 0.2) is 35.9 Å². The number of carbonyl (C=O) groups excluding carboxylic acids is 1. The molecule has 1 aromatic rings. The van der Waals surface area contributed by atoms with Gasteiger partial charge in [-0.05, 0) is 25.3 Å². The van der Waals surface area contributed by atoms with Crippen LogP contribution in [0, 0.1) is 11.8 Å². The van der Waals surface area contributed by atoms with Crippen LogP contribution in [0.1, 0.15) is 41.8 Å². The predicted octanol–water partition coefficient (Wildman–Crippen LogP) is 2.89. The topological polar surface area (TPSA) is 37.3 Å². The minimum Gasteiger partial charge on any atom is -0.388 e. The molecule has 0 aromatic heterocycles. The van der Waals surface area contributed by atoms with Gasteiger partial charge >= 0.3 is 0 Å². The van der Waals surface area contributed by atoms with Crippen LogP contribution in [-0.2, 0) is 0 Å². The van der Waals surface area contributed by atoms with Crippen molar-refractivity contribution in [3.8, 4) is 0 Å². The van der Waals surface area contributed by atoms with Crippen molar-refractivity contribution in [2.75, 3.05) is 0 Å². The van der Waals surface area contributed by atoms with E-state index in [9.17, 15) is 9.90 Å². The zero-order valence-electron chi connectivity index (χ0n) is 9.89. The molecule has 0 saturated heterocycles. The lowest BCUT2D eigenvalue weighted by Crippen LogP contribution is -2.36. The Morgan fingerprint density at radius 3 is 2.88 bits per heavy atom. The van der Waals surface area contributed by atoms with Gasteiger partial charge in [0.1, 0.15) is 0 Å². The molecule has 17 heavy (non-hydrogen) atoms. The van der Waals surface area contributed by atoms with Gasteiger partial charge in [-0.3, -0.25) is 4.79 Å². The first-order chi connectivity index (χ1) is 8.18. The lowest BCUT2D eigenvalue weighted by atomic mass is 9.67. The number of ketones is 1. The van der Waals surface area contributed by atoms with Crippen molar-refractivity contribution in [2.45, 2.75) is 25.9 Å². The molecule has 88 valence electrons. The molecule has 0 fully saturated rings. The molecule has 0 radical (unpaired) electrons. The minimum absolute atomic E-state index is 0.0232. The molecule has 2 heteroatoms. The quantitative estimate of drug-likeness (QED) is 0.693. The van der Waals surface area contributed by atoms with Crippen molar-refractivity contribution in [3.63, 3.8) is 0 Å². The summed E-state index contributed by atoms with van der Waals surface area (Å²) >= 11 is 0. The zero-order valence-corrected chi connectivity index (χ0v) is 9.89. The Morgan fingerprint density at radius 2 is 2.06 bits per heavy atom. The maximum atomic E-state index is 12.4. The number of rotatable bonds is 0. The molecule has 0 saturated carbocycles. The molecule has 0 aliphatic heterocycles. The summed E-state index contributed by atoms with van der Waals surface area (Å²) in [6.45, 7) is 2.07. The summed E-state index contributed by atoms with van der Waals surface area (Å²) in [5, 5.41) is 10.4. The molecule has 3 rings (SSSR count). The summed E-state index contributed by atoms with van der Waals surface area (Å²) in [6, 6.07) is 7.47. The lowest BCUT2D eigenvalue weighted by Gasteiger charge is -2.38. The number of carbonyl (C=O) groups is 1. The smallest absolute Gasteiger partial charge is 0.167 e. The van der Waals surface area contributed by atoms with E-state index >= 15 is 0 Å². The van der Waals surface area contributed by atoms with E-state index in [4.69, 9.17) is 0 Å². The Hall–Kier alpha value is -1.41. The monoisotopic (exact) mass is 228 g/mol. The third-order valence-electron chi connectivity index (χ3n) is 4.08. The highest BCUT2D eigenvalue weighted by Gasteiger charge is 2.41. The van der Waals surface area contributed by atoms with Gasteiger partial charge in [0.15, 0.2) is 5.78 Å². The van der Waals surface area contributed by atoms with Crippen molar-refractivity contribution < 1.29 is 9.90 Å². The second kappa shape index (κ2) is 3.81. The van der Waals surface area contributed by atoms with E-state index in [1.807, 2.05) is 24.3 Å². The fraction of sp³-hybridized carbons (Fsp3) is 0.400. The third kappa shape index (κ3) is 1.55. The largest absolute Gasteiger partial charge is 0.388 e. The molecule has 0 amide bonds. The number of benzene rings is 1. The molecule has 0 spiro atoms. The molecule has 0 heterocycles. The van der Waals surface area contributed by atoms with Gasteiger partial charge in [0.2, 0.25) is 0 Å². The average molecular weight is 228 g/mol. The Balaban J connectivity index is 2.09. The first-order valence-corrected chi connectivity index (χ1v) is 6.15. The molecule has 1 aromatic carbocycles. The van der Waals surface area contributed by atoms with Crippen LogP contribution in [0.4, 0.5) is 0 Å². The lowest BCUT2D eigenvalue weighted by molar-refractivity contribution is 0.0455. The van der Waals surface area contributed by atoms with Crippen molar-refractivity contribution in [1.29, 1.82) is 0 Å². The van der Waals surface area contributed by atoms with E-state index in [-0.39, 0.29) is 17.6 Å². The molecule has 3 unspecified atom stereocenters. The predicted molar refractivity (Wildman–Crippen MR) is 65.7 cm³/mol. The molecular formula is C15H16O2. The number of allylic oxidation sites excluding steroid dienone is 2. The molecule has 2 aliphatic carbocycles. The van der Waals surface area contributed by atoms with Gasteiger partial charge in [0.25, 0.3) is 0 Å². The summed E-state index contributed by atoms with van der Waals surface area (Å²) in [7, 11) is 0. The number of hydrogen-bond donors (Lipinski definition) is 1. The van der Waals surface area contributed by atoms with Crippen LogP contribution in [-0.4, -0.2) is 10.9 Å². The van der Waals surface area contributed by atoms with Crippen LogP contribution in [0.5, 0.6) is 0 Å². The van der Waals surface area contributed by atoms with Crippen molar-refractivity contribution >= 4 is 5.78 Å². The highest BCUT2D eigenvalue weighted by Crippen LogP contribution is 2.44. The minimum atomic E-state index is -0.488. The number of hydrogen-bond acceptors (Lipinski definition) is 2. The molecule has 0 bridgehead atoms. The summed E-state index contributed by atoms with van der Waals surface area (Å²) in [5.74, 6) is 0.259. The van der Waals surface area contributed by atoms with Crippen LogP contribution in [0.25, 0.3) is 0 Å². The standard InChI is InChI=1S/C15H16O2/c1-9-6-7-12-13(8-9)15(17)11-5-3-2-4-10(11)14(12)16/h2-6,12-14,16H,7-8H2,1H3. The second-order valence-corrected chi connectivity index (χ2v) is 5.16. The summed E-state index contributed by atoms with van der Waals surface area (Å²) in [5.41, 5.74) is 2.80. The molecular weight excluding hydrogens is 212 g/mol. The second-order valence-electron chi connectivity index (χ2n) is 5.16. The fourth-order valence-corrected chi connectivity index (χ4v) is 3.13. The van der Waals surface area contributed by atoms with Crippen LogP contribution in [0.3, 0.4) is 0 Å². The van der Waals surface area contributed by atoms with Gasteiger partial charge in [-0.2, -0.15) is 0 Å². The van der Waals surface area contributed by atoms with Gasteiger partial charge < -0.3 is 5.11 Å². The Kier molecular flexibility index (Phi) is 2.40. The number of Topliss-reactive ketones (excluding diaryl/α,β-unsaturated/α-hetero) is 1. The van der Waals surface area contributed by atoms with Gasteiger partial charge in [-0.1, -0.05) is 35.9 Å². The van der Waals surface area contributed by atoms with E-state index in [2.05, 4.69) is 13.0 Å². The maximum absolute atomic E-state index is 12.4. The van der Waals surface area contributed by atoms with E-state index in [0.29, 0.717) is 0 Å². The van der Waals surface area contributed by atoms with Gasteiger partial charge in [-0.25, -0.2) is 0 Å². The highest BCUT2D eigenvalue weighted by molar-refractivity contribution is 6.01. The number of aliphatic hydroxyl groups excluding tert-OH is 1. The van der Waals surface area contributed by atoms with Crippen molar-refractivity contribution in [1.82, 2.24) is 0 Å². The van der Waals surface area contributed by atoms with Gasteiger partial charge in [-0.15, -0.1) is 0 Å². The van der Waals surface area contributed by atoms with Crippen molar-refractivity contribution in [2.24, 2.45) is 11.8 Å². The van der Waals surface area contributed by atoms with Crippen LogP contribution in [0.2, 0.25) is 0 Å². The summed E-state index contributed by atoms with van der Waals surface area (Å²) in [4.78, 5) is 12.4. The summed E-state index contributed by atoms with van der Waals surface area (Å²) in [6.07, 6.45) is 3.29. The first kappa shape index (κ1) is 10.7. The van der Waals surface area contributed by atoms with E-state index in [1.165, 1.54) is 5.57 Å². The number of aliphatic hydroxyl groups is 1. The fourth-order valence-electron chi connectivity index (χ4n) is 3.13. The Bertz CT molecular complexity index is 501. The SMILES string of the molecule is CC1=CCC2C(C1)C(=O)c1ccccc1C2O. The molecule has 1 N–H and O–H groups in total. The van der Waals surface area contributed by atoms with E-state index < -0.39 is 6.10 Å². The third-order valence-corrected chi connectivity index (χ3v) is 4.08. The molecule has 2 aliphatic rings. The first-order valence-electron chi connectivity index (χ1n) is 6.15. The Labute approximate surface area is 101 Å². The van der Waals surface area contributed by atoms with E-state index in [1.54, 1.807) is 0 Å². The Morgan fingerprint density at radius 1 is 1.29 bits per heavy atom.